The first kappa shape index (κ1) is 23.3. The Bertz CT molecular complexity index is 1340. The van der Waals surface area contributed by atoms with E-state index in [9.17, 15) is 5.11 Å². The molecule has 3 aromatic rings. The van der Waals surface area contributed by atoms with Crippen molar-refractivity contribution in [3.05, 3.63) is 41.3 Å². The summed E-state index contributed by atoms with van der Waals surface area (Å²) in [7, 11) is 2.11. The molecule has 4 atom stereocenters. The molecule has 1 unspecified atom stereocenters. The molecule has 8 nitrogen and oxygen atoms in total. The fraction of sp³-hybridized carbons (Fsp3) is 0.536. The lowest BCUT2D eigenvalue weighted by Gasteiger charge is -2.34. The third-order valence-electron chi connectivity index (χ3n) is 8.73. The zero-order valence-corrected chi connectivity index (χ0v) is 21.2. The van der Waals surface area contributed by atoms with Gasteiger partial charge in [-0.05, 0) is 63.2 Å². The highest BCUT2D eigenvalue weighted by atomic mass is 19.1. The van der Waals surface area contributed by atoms with Gasteiger partial charge in [-0.1, -0.05) is 18.2 Å². The number of likely N-dealkylation sites (tertiary alicyclic amines) is 1. The Labute approximate surface area is 215 Å². The van der Waals surface area contributed by atoms with Crippen LogP contribution in [0.15, 0.2) is 24.4 Å². The van der Waals surface area contributed by atoms with Crippen LogP contribution in [0.2, 0.25) is 0 Å². The zero-order valence-electron chi connectivity index (χ0n) is 21.2. The molecule has 3 saturated heterocycles. The van der Waals surface area contributed by atoms with E-state index >= 15 is 4.39 Å². The number of hydrogen-bond donors (Lipinski definition) is 2. The quantitative estimate of drug-likeness (QED) is 0.548. The van der Waals surface area contributed by atoms with Crippen molar-refractivity contribution in [3.8, 4) is 17.3 Å². The molecule has 0 spiro atoms. The van der Waals surface area contributed by atoms with E-state index in [1.54, 1.807) is 6.20 Å². The second kappa shape index (κ2) is 9.15. The number of nitrogens with one attached hydrogen (secondary N) is 1. The first-order chi connectivity index (χ1) is 18.0. The number of benzene rings is 1. The fourth-order valence-corrected chi connectivity index (χ4v) is 6.70. The Morgan fingerprint density at radius 2 is 1.97 bits per heavy atom. The van der Waals surface area contributed by atoms with Crippen molar-refractivity contribution >= 4 is 16.7 Å². The van der Waals surface area contributed by atoms with Crippen molar-refractivity contribution in [3.63, 3.8) is 0 Å². The van der Waals surface area contributed by atoms with Crippen LogP contribution >= 0.6 is 0 Å². The van der Waals surface area contributed by atoms with Gasteiger partial charge < -0.3 is 25.0 Å². The Balaban J connectivity index is 1.32. The van der Waals surface area contributed by atoms with Crippen LogP contribution in [0.3, 0.4) is 0 Å². The predicted molar refractivity (Wildman–Crippen MR) is 139 cm³/mol. The fourth-order valence-electron chi connectivity index (χ4n) is 6.70. The van der Waals surface area contributed by atoms with Crippen LogP contribution in [0, 0.1) is 5.82 Å². The number of nitrogens with zero attached hydrogens (tertiary/aromatic N) is 5. The highest BCUT2D eigenvalue weighted by molar-refractivity contribution is 5.92. The van der Waals surface area contributed by atoms with Crippen LogP contribution in [0.5, 0.6) is 6.01 Å². The summed E-state index contributed by atoms with van der Waals surface area (Å²) in [5, 5.41) is 14.6. The zero-order chi connectivity index (χ0) is 25.1. The van der Waals surface area contributed by atoms with Crippen LogP contribution in [0.1, 0.15) is 49.3 Å². The molecule has 37 heavy (non-hydrogen) atoms. The third kappa shape index (κ3) is 4.04. The molecule has 0 amide bonds. The standard InChI is InChI=1S/C28H33FN6O2/c1-34-11-3-4-18(34)15-37-28-32-26-22(27(33-28)35-13-16-7-8-17(14-35)31-16)12-30-25(24(26)29)21-6-2-5-20-19(21)9-10-23(20)36/h2,5-6,12,16-18,23,31,36H,3-4,7-11,13-15H2,1H3/t16-,17+,18-,23?/m0/s1. The van der Waals surface area contributed by atoms with Crippen molar-refractivity contribution < 1.29 is 14.2 Å². The summed E-state index contributed by atoms with van der Waals surface area (Å²) in [6.45, 7) is 3.18. The van der Waals surface area contributed by atoms with Gasteiger partial charge in [-0.2, -0.15) is 9.97 Å². The molecule has 9 heteroatoms. The number of halogens is 1. The SMILES string of the molecule is CN1CCC[C@H]1COc1nc(N2C[C@H]3CC[C@@H](C2)N3)c2cnc(-c3cccc4c3CCC4O)c(F)c2n1. The largest absolute Gasteiger partial charge is 0.462 e. The van der Waals surface area contributed by atoms with E-state index in [2.05, 4.69) is 32.1 Å². The molecule has 7 rings (SSSR count). The minimum absolute atomic E-state index is 0.221. The molecule has 2 bridgehead atoms. The second-order valence-electron chi connectivity index (χ2n) is 11.1. The third-order valence-corrected chi connectivity index (χ3v) is 8.73. The molecule has 5 heterocycles. The summed E-state index contributed by atoms with van der Waals surface area (Å²) in [4.78, 5) is 18.6. The Morgan fingerprint density at radius 3 is 2.76 bits per heavy atom. The van der Waals surface area contributed by atoms with E-state index in [1.807, 2.05) is 18.2 Å². The van der Waals surface area contributed by atoms with Gasteiger partial charge in [0, 0.05) is 43.0 Å². The lowest BCUT2D eigenvalue weighted by molar-refractivity contribution is 0.180. The Morgan fingerprint density at radius 1 is 1.14 bits per heavy atom. The molecule has 4 aliphatic rings. The monoisotopic (exact) mass is 504 g/mol. The molecule has 2 N–H and O–H groups in total. The van der Waals surface area contributed by atoms with Crippen LogP contribution in [-0.4, -0.2) is 76.4 Å². The Hall–Kier alpha value is -2.88. The highest BCUT2D eigenvalue weighted by Gasteiger charge is 2.34. The predicted octanol–water partition coefficient (Wildman–Crippen LogP) is 3.22. The van der Waals surface area contributed by atoms with E-state index in [0.717, 1.165) is 62.0 Å². The summed E-state index contributed by atoms with van der Waals surface area (Å²) in [6, 6.07) is 7.03. The Kier molecular flexibility index (Phi) is 5.75. The minimum atomic E-state index is -0.510. The van der Waals surface area contributed by atoms with Gasteiger partial charge in [-0.25, -0.2) is 4.39 Å². The first-order valence-corrected chi connectivity index (χ1v) is 13.6. The van der Waals surface area contributed by atoms with Crippen molar-refractivity contribution in [1.82, 2.24) is 25.2 Å². The van der Waals surface area contributed by atoms with Crippen molar-refractivity contribution in [1.29, 1.82) is 0 Å². The van der Waals surface area contributed by atoms with E-state index in [1.165, 1.54) is 0 Å². The van der Waals surface area contributed by atoms with E-state index < -0.39 is 11.9 Å². The summed E-state index contributed by atoms with van der Waals surface area (Å²) < 4.78 is 22.4. The van der Waals surface area contributed by atoms with Gasteiger partial charge in [0.15, 0.2) is 5.82 Å². The maximum atomic E-state index is 16.3. The minimum Gasteiger partial charge on any atom is -0.462 e. The molecule has 1 aromatic carbocycles. The van der Waals surface area contributed by atoms with Crippen LogP contribution in [0.25, 0.3) is 22.2 Å². The van der Waals surface area contributed by atoms with Crippen LogP contribution in [-0.2, 0) is 6.42 Å². The number of hydrogen-bond acceptors (Lipinski definition) is 8. The average molecular weight is 505 g/mol. The molecule has 194 valence electrons. The molecular weight excluding hydrogens is 471 g/mol. The number of fused-ring (bicyclic) bond motifs is 4. The maximum absolute atomic E-state index is 16.3. The van der Waals surface area contributed by atoms with Gasteiger partial charge in [0.2, 0.25) is 0 Å². The van der Waals surface area contributed by atoms with Gasteiger partial charge in [-0.15, -0.1) is 0 Å². The number of likely N-dealkylation sites (N-methyl/N-ethyl adjacent to an activating group) is 1. The number of rotatable bonds is 5. The average Bonchev–Trinajstić information content (AvgIpc) is 3.60. The number of ether oxygens (including phenoxy) is 1. The van der Waals surface area contributed by atoms with Crippen LogP contribution in [0.4, 0.5) is 10.2 Å². The lowest BCUT2D eigenvalue weighted by Crippen LogP contribution is -2.51. The summed E-state index contributed by atoms with van der Waals surface area (Å²) in [5.74, 6) is 0.238. The summed E-state index contributed by atoms with van der Waals surface area (Å²) >= 11 is 0. The molecule has 3 fully saturated rings. The molecule has 2 aromatic heterocycles. The highest BCUT2D eigenvalue weighted by Crippen LogP contribution is 2.40. The maximum Gasteiger partial charge on any atom is 0.319 e. The molecule has 3 aliphatic heterocycles. The van der Waals surface area contributed by atoms with E-state index in [4.69, 9.17) is 9.72 Å². The lowest BCUT2D eigenvalue weighted by atomic mass is 9.99. The smallest absolute Gasteiger partial charge is 0.319 e. The van der Waals surface area contributed by atoms with Crippen molar-refractivity contribution in [2.24, 2.45) is 0 Å². The topological polar surface area (TPSA) is 86.6 Å². The van der Waals surface area contributed by atoms with Gasteiger partial charge >= 0.3 is 6.01 Å². The van der Waals surface area contributed by atoms with Crippen molar-refractivity contribution in [2.75, 3.05) is 38.2 Å². The van der Waals surface area contributed by atoms with Gasteiger partial charge in [0.05, 0.1) is 11.5 Å². The molecular formula is C28H33FN6O2. The molecule has 0 saturated carbocycles. The van der Waals surface area contributed by atoms with Gasteiger partial charge in [0.25, 0.3) is 0 Å². The first-order valence-electron chi connectivity index (χ1n) is 13.6. The van der Waals surface area contributed by atoms with Crippen LogP contribution < -0.4 is 15.0 Å². The molecule has 0 radical (unpaired) electrons. The molecule has 1 aliphatic carbocycles. The van der Waals surface area contributed by atoms with Gasteiger partial charge in [0.1, 0.15) is 23.6 Å². The second-order valence-corrected chi connectivity index (χ2v) is 11.1. The number of pyridine rings is 1. The number of aliphatic hydroxyl groups is 1. The van der Waals surface area contributed by atoms with Gasteiger partial charge in [-0.3, -0.25) is 4.98 Å². The normalized spacial score (nSPS) is 27.3. The van der Waals surface area contributed by atoms with E-state index in [-0.39, 0.29) is 17.2 Å². The van der Waals surface area contributed by atoms with E-state index in [0.29, 0.717) is 48.8 Å². The number of anilines is 1. The summed E-state index contributed by atoms with van der Waals surface area (Å²) in [6.07, 6.45) is 7.06. The number of aromatic nitrogens is 3. The number of piperazine rings is 1. The van der Waals surface area contributed by atoms with Crippen molar-refractivity contribution in [2.45, 2.75) is 62.8 Å². The summed E-state index contributed by atoms with van der Waals surface area (Å²) in [5.41, 5.74) is 3.07. The number of aliphatic hydroxyl groups excluding tert-OH is 1.